The van der Waals surface area contributed by atoms with Crippen LogP contribution in [-0.4, -0.2) is 17.5 Å². The maximum Gasteiger partial charge on any atom is 0.119 e. The Bertz CT molecular complexity index is 502. The van der Waals surface area contributed by atoms with E-state index in [1.54, 1.807) is 0 Å². The first kappa shape index (κ1) is 18.0. The van der Waals surface area contributed by atoms with Crippen LogP contribution in [0.4, 0.5) is 0 Å². The van der Waals surface area contributed by atoms with E-state index in [1.165, 1.54) is 57.8 Å². The Balaban J connectivity index is 1.56. The smallest absolute Gasteiger partial charge is 0.119 e. The molecule has 4 saturated carbocycles. The van der Waals surface area contributed by atoms with Gasteiger partial charge in [0.15, 0.2) is 0 Å². The molecule has 0 bridgehead atoms. The molecular formula is C23H38O2. The van der Waals surface area contributed by atoms with E-state index in [2.05, 4.69) is 13.8 Å². The minimum atomic E-state index is -0.0560. The van der Waals surface area contributed by atoms with Gasteiger partial charge in [0, 0.05) is 6.42 Å². The highest BCUT2D eigenvalue weighted by atomic mass is 16.3. The van der Waals surface area contributed by atoms with E-state index in [-0.39, 0.29) is 6.10 Å². The first-order chi connectivity index (χ1) is 12.0. The summed E-state index contributed by atoms with van der Waals surface area (Å²) >= 11 is 0. The van der Waals surface area contributed by atoms with Gasteiger partial charge in [-0.3, -0.25) is 0 Å². The van der Waals surface area contributed by atoms with Gasteiger partial charge in [-0.15, -0.1) is 0 Å². The van der Waals surface area contributed by atoms with Gasteiger partial charge in [0.1, 0.15) is 6.29 Å². The van der Waals surface area contributed by atoms with Crippen LogP contribution >= 0.6 is 0 Å². The van der Waals surface area contributed by atoms with Gasteiger partial charge < -0.3 is 9.90 Å². The predicted octanol–water partition coefficient (Wildman–Crippen LogP) is 5.38. The molecule has 4 fully saturated rings. The van der Waals surface area contributed by atoms with E-state index in [1.807, 2.05) is 0 Å². The van der Waals surface area contributed by atoms with Gasteiger partial charge in [-0.2, -0.15) is 0 Å². The van der Waals surface area contributed by atoms with Crippen LogP contribution in [-0.2, 0) is 4.79 Å². The van der Waals surface area contributed by atoms with Crippen LogP contribution in [0.25, 0.3) is 0 Å². The van der Waals surface area contributed by atoms with Gasteiger partial charge in [0.05, 0.1) is 6.10 Å². The molecule has 25 heavy (non-hydrogen) atoms. The molecule has 4 rings (SSSR count). The quantitative estimate of drug-likeness (QED) is 0.548. The number of fused-ring (bicyclic) bond motifs is 5. The molecule has 4 aliphatic carbocycles. The summed E-state index contributed by atoms with van der Waals surface area (Å²) in [5, 5.41) is 11.2. The molecule has 2 nitrogen and oxygen atoms in total. The van der Waals surface area contributed by atoms with E-state index >= 15 is 0 Å². The summed E-state index contributed by atoms with van der Waals surface area (Å²) in [7, 11) is 0. The van der Waals surface area contributed by atoms with Crippen molar-refractivity contribution in [3.8, 4) is 0 Å². The summed E-state index contributed by atoms with van der Waals surface area (Å²) in [6.45, 7) is 5.12. The fourth-order valence-corrected chi connectivity index (χ4v) is 8.29. The molecular weight excluding hydrogens is 308 g/mol. The zero-order valence-corrected chi connectivity index (χ0v) is 16.4. The van der Waals surface area contributed by atoms with Crippen molar-refractivity contribution in [3.05, 3.63) is 0 Å². The summed E-state index contributed by atoms with van der Waals surface area (Å²) in [5.41, 5.74) is 0.919. The average molecular weight is 347 g/mol. The van der Waals surface area contributed by atoms with Gasteiger partial charge in [0.25, 0.3) is 0 Å². The Morgan fingerprint density at radius 1 is 1.00 bits per heavy atom. The second kappa shape index (κ2) is 6.66. The zero-order valence-electron chi connectivity index (χ0n) is 16.4. The zero-order chi connectivity index (χ0) is 17.7. The fraction of sp³-hybridized carbons (Fsp3) is 0.957. The molecule has 142 valence electrons. The SMILES string of the molecule is CC12CCC3C(C(O)CC4CCCCC43C)C1CCC2CCCC=O. The van der Waals surface area contributed by atoms with Crippen LogP contribution in [0, 0.1) is 40.4 Å². The van der Waals surface area contributed by atoms with Crippen molar-refractivity contribution in [1.82, 2.24) is 0 Å². The lowest BCUT2D eigenvalue weighted by Gasteiger charge is -2.62. The van der Waals surface area contributed by atoms with Crippen molar-refractivity contribution < 1.29 is 9.90 Å². The van der Waals surface area contributed by atoms with Crippen molar-refractivity contribution in [3.63, 3.8) is 0 Å². The molecule has 0 saturated heterocycles. The Hall–Kier alpha value is -0.370. The normalized spacial score (nSPS) is 52.1. The maximum absolute atomic E-state index is 11.2. The Labute approximate surface area is 154 Å². The van der Waals surface area contributed by atoms with Crippen LogP contribution in [0.5, 0.6) is 0 Å². The van der Waals surface area contributed by atoms with E-state index in [0.717, 1.165) is 49.2 Å². The summed E-state index contributed by atoms with van der Waals surface area (Å²) in [6, 6.07) is 0. The van der Waals surface area contributed by atoms with Crippen molar-refractivity contribution in [2.75, 3.05) is 0 Å². The van der Waals surface area contributed by atoms with Gasteiger partial charge in [-0.25, -0.2) is 0 Å². The molecule has 0 aromatic rings. The summed E-state index contributed by atoms with van der Waals surface area (Å²) in [6.07, 6.45) is 16.0. The first-order valence-electron chi connectivity index (χ1n) is 11.1. The first-order valence-corrected chi connectivity index (χ1v) is 11.1. The lowest BCUT2D eigenvalue weighted by atomic mass is 9.44. The number of rotatable bonds is 4. The Kier molecular flexibility index (Phi) is 4.80. The van der Waals surface area contributed by atoms with Crippen molar-refractivity contribution in [2.45, 2.75) is 97.0 Å². The van der Waals surface area contributed by atoms with Gasteiger partial charge in [-0.05, 0) is 98.2 Å². The van der Waals surface area contributed by atoms with Crippen molar-refractivity contribution in [2.24, 2.45) is 40.4 Å². The maximum atomic E-state index is 11.2. The number of unbranched alkanes of at least 4 members (excludes halogenated alkanes) is 1. The second-order valence-corrected chi connectivity index (χ2v) is 10.5. The molecule has 0 radical (unpaired) electrons. The highest BCUT2D eigenvalue weighted by Gasteiger charge is 2.61. The fourth-order valence-electron chi connectivity index (χ4n) is 8.29. The number of aliphatic hydroxyl groups is 1. The van der Waals surface area contributed by atoms with Gasteiger partial charge in [0.2, 0.25) is 0 Å². The monoisotopic (exact) mass is 346 g/mol. The predicted molar refractivity (Wildman–Crippen MR) is 101 cm³/mol. The molecule has 0 aromatic carbocycles. The number of aldehydes is 1. The van der Waals surface area contributed by atoms with E-state index < -0.39 is 0 Å². The molecule has 2 heteroatoms. The van der Waals surface area contributed by atoms with Crippen molar-refractivity contribution in [1.29, 1.82) is 0 Å². The third-order valence-electron chi connectivity index (χ3n) is 9.67. The molecule has 4 aliphatic rings. The molecule has 0 heterocycles. The number of hydrogen-bond donors (Lipinski definition) is 1. The lowest BCUT2D eigenvalue weighted by molar-refractivity contribution is -0.162. The molecule has 8 unspecified atom stereocenters. The topological polar surface area (TPSA) is 37.3 Å². The summed E-state index contributed by atoms with van der Waals surface area (Å²) in [5.74, 6) is 3.58. The average Bonchev–Trinajstić information content (AvgIpc) is 2.92. The Morgan fingerprint density at radius 3 is 2.60 bits per heavy atom. The highest BCUT2D eigenvalue weighted by molar-refractivity contribution is 5.48. The van der Waals surface area contributed by atoms with Crippen LogP contribution in [0.3, 0.4) is 0 Å². The van der Waals surface area contributed by atoms with Crippen LogP contribution in [0.15, 0.2) is 0 Å². The second-order valence-electron chi connectivity index (χ2n) is 10.5. The third kappa shape index (κ3) is 2.73. The number of hydrogen-bond acceptors (Lipinski definition) is 2. The molecule has 0 aliphatic heterocycles. The molecule has 1 N–H and O–H groups in total. The third-order valence-corrected chi connectivity index (χ3v) is 9.67. The molecule has 0 spiro atoms. The van der Waals surface area contributed by atoms with Gasteiger partial charge >= 0.3 is 0 Å². The highest BCUT2D eigenvalue weighted by Crippen LogP contribution is 2.67. The lowest BCUT2D eigenvalue weighted by Crippen LogP contribution is -2.57. The summed E-state index contributed by atoms with van der Waals surface area (Å²) < 4.78 is 0. The summed E-state index contributed by atoms with van der Waals surface area (Å²) in [4.78, 5) is 10.7. The minimum Gasteiger partial charge on any atom is -0.393 e. The van der Waals surface area contributed by atoms with E-state index in [0.29, 0.717) is 16.7 Å². The van der Waals surface area contributed by atoms with Crippen LogP contribution < -0.4 is 0 Å². The largest absolute Gasteiger partial charge is 0.393 e. The van der Waals surface area contributed by atoms with Crippen LogP contribution in [0.1, 0.15) is 90.9 Å². The van der Waals surface area contributed by atoms with Crippen molar-refractivity contribution >= 4 is 6.29 Å². The standard InChI is InChI=1S/C23H38O2/c1-22-12-5-3-8-17(22)15-20(25)21-18-10-9-16(7-4-6-14-24)23(18,2)13-11-19(21)22/h14,16-21,25H,3-13,15H2,1-2H3. The molecule has 8 atom stereocenters. The minimum absolute atomic E-state index is 0.0560. The van der Waals surface area contributed by atoms with Gasteiger partial charge in [-0.1, -0.05) is 26.7 Å². The molecule has 0 aromatic heterocycles. The number of carbonyl (C=O) groups excluding carboxylic acids is 1. The number of carbonyl (C=O) groups is 1. The number of aliphatic hydroxyl groups excluding tert-OH is 1. The van der Waals surface area contributed by atoms with Crippen LogP contribution in [0.2, 0.25) is 0 Å². The van der Waals surface area contributed by atoms with E-state index in [4.69, 9.17) is 0 Å². The molecule has 0 amide bonds. The Morgan fingerprint density at radius 2 is 1.80 bits per heavy atom. The van der Waals surface area contributed by atoms with E-state index in [9.17, 15) is 9.90 Å².